The summed E-state index contributed by atoms with van der Waals surface area (Å²) >= 11 is 0. The van der Waals surface area contributed by atoms with E-state index in [1.54, 1.807) is 24.1 Å². The fraction of sp³-hybridized carbons (Fsp3) is 0.481. The SMILES string of the molecule is CC(=O)N1CCC(O)(c2cc3/c(=N/[C@H](C)c4cccc(C(F)(F)F)c4C)nc4n(c3cn2)CCC4)CC1. The van der Waals surface area contributed by atoms with Gasteiger partial charge in [-0.1, -0.05) is 12.1 Å². The summed E-state index contributed by atoms with van der Waals surface area (Å²) in [7, 11) is 0. The van der Waals surface area contributed by atoms with Gasteiger partial charge in [0.2, 0.25) is 5.91 Å². The maximum absolute atomic E-state index is 13.5. The molecule has 2 aromatic heterocycles. The van der Waals surface area contributed by atoms with Gasteiger partial charge in [-0.3, -0.25) is 14.8 Å². The van der Waals surface area contributed by atoms with Gasteiger partial charge < -0.3 is 14.6 Å². The number of benzene rings is 1. The van der Waals surface area contributed by atoms with Gasteiger partial charge in [-0.25, -0.2) is 4.98 Å². The molecule has 3 aromatic rings. The Balaban J connectivity index is 1.61. The molecule has 196 valence electrons. The molecule has 7 nitrogen and oxygen atoms in total. The minimum absolute atomic E-state index is 0.0235. The lowest BCUT2D eigenvalue weighted by Crippen LogP contribution is -2.44. The molecule has 1 saturated heterocycles. The van der Waals surface area contributed by atoms with Crippen molar-refractivity contribution in [3.63, 3.8) is 0 Å². The summed E-state index contributed by atoms with van der Waals surface area (Å²) in [6.07, 6.45) is -0.271. The first kappa shape index (κ1) is 25.4. The van der Waals surface area contributed by atoms with Gasteiger partial charge in [-0.2, -0.15) is 13.2 Å². The molecule has 1 amide bonds. The lowest BCUT2D eigenvalue weighted by Gasteiger charge is -2.37. The normalized spacial score (nSPS) is 18.8. The zero-order valence-electron chi connectivity index (χ0n) is 21.1. The molecule has 1 atom stereocenters. The van der Waals surface area contributed by atoms with Crippen molar-refractivity contribution >= 4 is 16.8 Å². The highest BCUT2D eigenvalue weighted by Gasteiger charge is 2.37. The van der Waals surface area contributed by atoms with E-state index in [1.807, 2.05) is 6.07 Å². The van der Waals surface area contributed by atoms with Crippen LogP contribution in [0.5, 0.6) is 0 Å². The largest absolute Gasteiger partial charge is 0.416 e. The second-order valence-corrected chi connectivity index (χ2v) is 10.1. The maximum Gasteiger partial charge on any atom is 0.416 e. The molecule has 0 spiro atoms. The predicted molar refractivity (Wildman–Crippen MR) is 131 cm³/mol. The molecule has 0 unspecified atom stereocenters. The molecule has 0 aliphatic carbocycles. The van der Waals surface area contributed by atoms with Crippen LogP contribution in [0.2, 0.25) is 0 Å². The van der Waals surface area contributed by atoms with Crippen LogP contribution >= 0.6 is 0 Å². The van der Waals surface area contributed by atoms with Crippen LogP contribution in [-0.4, -0.2) is 43.5 Å². The molecule has 1 aromatic carbocycles. The number of carbonyl (C=O) groups is 1. The fourth-order valence-corrected chi connectivity index (χ4v) is 5.53. The van der Waals surface area contributed by atoms with Crippen molar-refractivity contribution in [2.45, 2.75) is 70.8 Å². The number of hydrogen-bond donors (Lipinski definition) is 1. The van der Waals surface area contributed by atoms with E-state index >= 15 is 0 Å². The monoisotopic (exact) mass is 513 g/mol. The lowest BCUT2D eigenvalue weighted by molar-refractivity contribution is -0.138. The van der Waals surface area contributed by atoms with Gasteiger partial charge in [0.05, 0.1) is 29.0 Å². The molecule has 2 aliphatic rings. The molecule has 0 radical (unpaired) electrons. The smallest absolute Gasteiger partial charge is 0.383 e. The highest BCUT2D eigenvalue weighted by molar-refractivity contribution is 5.78. The summed E-state index contributed by atoms with van der Waals surface area (Å²) in [5.74, 6) is 0.840. The molecule has 1 fully saturated rings. The van der Waals surface area contributed by atoms with Gasteiger partial charge in [0.25, 0.3) is 0 Å². The number of fused-ring (bicyclic) bond motifs is 3. The second-order valence-electron chi connectivity index (χ2n) is 10.1. The maximum atomic E-state index is 13.5. The number of amides is 1. The van der Waals surface area contributed by atoms with Gasteiger partial charge in [-0.05, 0) is 56.4 Å². The number of carbonyl (C=O) groups excluding carboxylic acids is 1. The van der Waals surface area contributed by atoms with Crippen molar-refractivity contribution < 1.29 is 23.1 Å². The number of likely N-dealkylation sites (tertiary alicyclic amines) is 1. The second kappa shape index (κ2) is 9.24. The number of nitrogens with zero attached hydrogens (tertiary/aromatic N) is 5. The first-order valence-corrected chi connectivity index (χ1v) is 12.6. The Morgan fingerprint density at radius 1 is 1.22 bits per heavy atom. The third-order valence-electron chi connectivity index (χ3n) is 7.70. The number of halogens is 3. The number of aliphatic hydroxyl groups is 1. The number of rotatable bonds is 3. The van der Waals surface area contributed by atoms with Gasteiger partial charge in [-0.15, -0.1) is 0 Å². The molecule has 4 heterocycles. The average molecular weight is 514 g/mol. The fourth-order valence-electron chi connectivity index (χ4n) is 5.53. The van der Waals surface area contributed by atoms with Crippen molar-refractivity contribution in [2.75, 3.05) is 13.1 Å². The van der Waals surface area contributed by atoms with Gasteiger partial charge in [0.15, 0.2) is 5.49 Å². The molecular formula is C27H30F3N5O2. The molecule has 1 N–H and O–H groups in total. The quantitative estimate of drug-likeness (QED) is 0.569. The number of piperidine rings is 1. The van der Waals surface area contributed by atoms with Crippen LogP contribution in [0.4, 0.5) is 13.2 Å². The van der Waals surface area contributed by atoms with Crippen LogP contribution in [0.3, 0.4) is 0 Å². The summed E-state index contributed by atoms with van der Waals surface area (Å²) in [6, 6.07) is 5.40. The van der Waals surface area contributed by atoms with Crippen LogP contribution in [-0.2, 0) is 29.5 Å². The summed E-state index contributed by atoms with van der Waals surface area (Å²) in [5.41, 5.74) is 0.540. The topological polar surface area (TPSA) is 83.6 Å². The molecule has 0 bridgehead atoms. The van der Waals surface area contributed by atoms with Crippen LogP contribution in [0.15, 0.2) is 35.5 Å². The van der Waals surface area contributed by atoms with Gasteiger partial charge >= 0.3 is 6.18 Å². The predicted octanol–water partition coefficient (Wildman–Crippen LogP) is 4.20. The highest BCUT2D eigenvalue weighted by atomic mass is 19.4. The van der Waals surface area contributed by atoms with E-state index in [2.05, 4.69) is 9.55 Å². The first-order valence-electron chi connectivity index (χ1n) is 12.6. The minimum Gasteiger partial charge on any atom is -0.383 e. The van der Waals surface area contributed by atoms with Crippen molar-refractivity contribution in [1.29, 1.82) is 0 Å². The van der Waals surface area contributed by atoms with E-state index in [0.717, 1.165) is 36.8 Å². The Kier molecular flexibility index (Phi) is 6.34. The van der Waals surface area contributed by atoms with Crippen molar-refractivity contribution in [3.05, 3.63) is 64.2 Å². The molecule has 5 rings (SSSR count). The Labute approximate surface area is 212 Å². The number of aryl methyl sites for hydroxylation is 2. The standard InChI is InChI=1S/C27H30F3N5O2/c1-16-19(6-4-7-21(16)27(28,29)30)17(2)32-25-20-14-23(26(37)9-12-34(13-10-26)18(3)36)31-15-22(20)35-11-5-8-24(35)33-25/h4,6-7,14-15,17,37H,5,8-13H2,1-3H3/b32-25-/t17-/m1/s1. The van der Waals surface area contributed by atoms with E-state index in [9.17, 15) is 23.1 Å². The third-order valence-corrected chi connectivity index (χ3v) is 7.70. The van der Waals surface area contributed by atoms with E-state index in [-0.39, 0.29) is 11.5 Å². The molecule has 2 aliphatic heterocycles. The van der Waals surface area contributed by atoms with Crippen molar-refractivity contribution in [3.8, 4) is 0 Å². The minimum atomic E-state index is -4.44. The highest BCUT2D eigenvalue weighted by Crippen LogP contribution is 2.36. The van der Waals surface area contributed by atoms with E-state index < -0.39 is 23.4 Å². The Bertz CT molecular complexity index is 1440. The third kappa shape index (κ3) is 4.63. The van der Waals surface area contributed by atoms with Crippen LogP contribution in [0.25, 0.3) is 10.9 Å². The molecular weight excluding hydrogens is 483 g/mol. The Morgan fingerprint density at radius 2 is 1.95 bits per heavy atom. The van der Waals surface area contributed by atoms with E-state index in [4.69, 9.17) is 9.98 Å². The Morgan fingerprint density at radius 3 is 2.62 bits per heavy atom. The summed E-state index contributed by atoms with van der Waals surface area (Å²) in [4.78, 5) is 27.7. The van der Waals surface area contributed by atoms with Crippen LogP contribution < -0.4 is 5.49 Å². The van der Waals surface area contributed by atoms with Crippen molar-refractivity contribution in [2.24, 2.45) is 4.99 Å². The first-order chi connectivity index (χ1) is 17.5. The van der Waals surface area contributed by atoms with E-state index in [1.165, 1.54) is 19.9 Å². The van der Waals surface area contributed by atoms with Gasteiger partial charge in [0, 0.05) is 38.4 Å². The molecule has 0 saturated carbocycles. The zero-order chi connectivity index (χ0) is 26.5. The number of aromatic nitrogens is 3. The molecule has 10 heteroatoms. The van der Waals surface area contributed by atoms with Crippen LogP contribution in [0, 0.1) is 6.92 Å². The number of alkyl halides is 3. The summed E-state index contributed by atoms with van der Waals surface area (Å²) < 4.78 is 42.6. The summed E-state index contributed by atoms with van der Waals surface area (Å²) in [5, 5.41) is 12.1. The van der Waals surface area contributed by atoms with E-state index in [0.29, 0.717) is 48.1 Å². The molecule has 37 heavy (non-hydrogen) atoms. The van der Waals surface area contributed by atoms with Gasteiger partial charge in [0.1, 0.15) is 11.4 Å². The number of pyridine rings is 1. The number of hydrogen-bond acceptors (Lipinski definition) is 5. The van der Waals surface area contributed by atoms with Crippen LogP contribution in [0.1, 0.15) is 67.4 Å². The zero-order valence-corrected chi connectivity index (χ0v) is 21.1. The van der Waals surface area contributed by atoms with Crippen molar-refractivity contribution in [1.82, 2.24) is 19.4 Å². The lowest BCUT2D eigenvalue weighted by atomic mass is 9.87. The average Bonchev–Trinajstić information content (AvgIpc) is 3.32. The Hall–Kier alpha value is -3.27. The summed E-state index contributed by atoms with van der Waals surface area (Å²) in [6.45, 7) is 6.42.